The molecule has 0 unspecified atom stereocenters. The first-order chi connectivity index (χ1) is 6.29. The summed E-state index contributed by atoms with van der Waals surface area (Å²) in [7, 11) is 0. The smallest absolute Gasteiger partial charge is 0.309 e. The van der Waals surface area contributed by atoms with Crippen molar-refractivity contribution in [2.45, 2.75) is 52.2 Å². The average molecular weight is 236 g/mol. The van der Waals surface area contributed by atoms with Gasteiger partial charge < -0.3 is 10.5 Å². The van der Waals surface area contributed by atoms with E-state index in [1.807, 2.05) is 20.8 Å². The Kier molecular flexibility index (Phi) is 5.07. The fraction of sp³-hybridized carbons (Fsp3) is 0.909. The lowest BCUT2D eigenvalue weighted by Gasteiger charge is -2.21. The highest BCUT2D eigenvalue weighted by molar-refractivity contribution is 5.85. The van der Waals surface area contributed by atoms with Crippen molar-refractivity contribution >= 4 is 18.4 Å². The molecule has 2 N–H and O–H groups in total. The molecule has 4 heteroatoms. The summed E-state index contributed by atoms with van der Waals surface area (Å²) in [6, 6.07) is 0.160. The van der Waals surface area contributed by atoms with E-state index in [4.69, 9.17) is 10.5 Å². The van der Waals surface area contributed by atoms with E-state index in [0.717, 1.165) is 12.8 Å². The lowest BCUT2D eigenvalue weighted by Crippen LogP contribution is -2.28. The minimum absolute atomic E-state index is 0. The van der Waals surface area contributed by atoms with Gasteiger partial charge in [-0.05, 0) is 39.5 Å². The highest BCUT2D eigenvalue weighted by atomic mass is 35.5. The molecule has 1 saturated carbocycles. The van der Waals surface area contributed by atoms with E-state index in [9.17, 15) is 4.79 Å². The number of nitrogens with two attached hydrogens (primary N) is 1. The highest BCUT2D eigenvalue weighted by Gasteiger charge is 2.35. The third kappa shape index (κ3) is 4.39. The number of hydrogen-bond acceptors (Lipinski definition) is 3. The Morgan fingerprint density at radius 2 is 1.87 bits per heavy atom. The van der Waals surface area contributed by atoms with E-state index in [2.05, 4.69) is 6.92 Å². The number of carbonyl (C=O) groups is 1. The minimum Gasteiger partial charge on any atom is -0.460 e. The molecule has 0 bridgehead atoms. The van der Waals surface area contributed by atoms with Crippen LogP contribution in [0.25, 0.3) is 0 Å². The number of halogens is 1. The fourth-order valence-corrected chi connectivity index (χ4v) is 1.86. The van der Waals surface area contributed by atoms with Crippen LogP contribution < -0.4 is 5.73 Å². The second-order valence-electron chi connectivity index (χ2n) is 5.34. The molecule has 1 aliphatic rings. The molecule has 1 aliphatic carbocycles. The van der Waals surface area contributed by atoms with E-state index in [1.165, 1.54) is 0 Å². The molecular weight excluding hydrogens is 214 g/mol. The molecule has 90 valence electrons. The van der Waals surface area contributed by atoms with Gasteiger partial charge in [-0.15, -0.1) is 12.4 Å². The second-order valence-corrected chi connectivity index (χ2v) is 5.34. The van der Waals surface area contributed by atoms with Crippen LogP contribution in [0.2, 0.25) is 0 Å². The molecule has 0 spiro atoms. The molecule has 0 radical (unpaired) electrons. The maximum Gasteiger partial charge on any atom is 0.309 e. The number of esters is 1. The summed E-state index contributed by atoms with van der Waals surface area (Å²) < 4.78 is 5.32. The molecule has 0 aromatic rings. The normalized spacial score (nSPS) is 30.9. The highest BCUT2D eigenvalue weighted by Crippen LogP contribution is 2.31. The third-order valence-corrected chi connectivity index (χ3v) is 2.68. The topological polar surface area (TPSA) is 52.3 Å². The zero-order valence-electron chi connectivity index (χ0n) is 9.95. The summed E-state index contributed by atoms with van der Waals surface area (Å²) in [6.45, 7) is 7.77. The lowest BCUT2D eigenvalue weighted by molar-refractivity contribution is -0.159. The van der Waals surface area contributed by atoms with E-state index < -0.39 is 0 Å². The Labute approximate surface area is 98.2 Å². The molecule has 0 aliphatic heterocycles. The molecule has 3 atom stereocenters. The van der Waals surface area contributed by atoms with Crippen LogP contribution in [-0.4, -0.2) is 17.6 Å². The van der Waals surface area contributed by atoms with Gasteiger partial charge in [0.25, 0.3) is 0 Å². The van der Waals surface area contributed by atoms with E-state index in [0.29, 0.717) is 5.92 Å². The first kappa shape index (κ1) is 14.7. The largest absolute Gasteiger partial charge is 0.460 e. The Morgan fingerprint density at radius 1 is 1.33 bits per heavy atom. The first-order valence-electron chi connectivity index (χ1n) is 5.28. The standard InChI is InChI=1S/C11H21NO2.ClH/c1-7-5-8(6-9(7)12)10(13)14-11(2,3)4;/h7-9H,5-6,12H2,1-4H3;1H/t7-,8+,9-;/m0./s1. The van der Waals surface area contributed by atoms with Crippen molar-refractivity contribution in [3.8, 4) is 0 Å². The summed E-state index contributed by atoms with van der Waals surface area (Å²) in [5, 5.41) is 0. The number of rotatable bonds is 1. The molecule has 0 aromatic carbocycles. The molecule has 15 heavy (non-hydrogen) atoms. The van der Waals surface area contributed by atoms with Crippen LogP contribution in [-0.2, 0) is 9.53 Å². The SMILES string of the molecule is C[C@H]1C[C@@H](C(=O)OC(C)(C)C)C[C@@H]1N.Cl. The van der Waals surface area contributed by atoms with Gasteiger partial charge in [0.1, 0.15) is 5.60 Å². The Morgan fingerprint density at radius 3 is 2.20 bits per heavy atom. The van der Waals surface area contributed by atoms with Gasteiger partial charge in [0.05, 0.1) is 5.92 Å². The maximum atomic E-state index is 11.7. The Balaban J connectivity index is 0.00000196. The zero-order chi connectivity index (χ0) is 10.9. The van der Waals surface area contributed by atoms with Crippen LogP contribution in [0.1, 0.15) is 40.5 Å². The Bertz CT molecular complexity index is 215. The monoisotopic (exact) mass is 235 g/mol. The number of ether oxygens (including phenoxy) is 1. The quantitative estimate of drug-likeness (QED) is 0.709. The maximum absolute atomic E-state index is 11.7. The first-order valence-corrected chi connectivity index (χ1v) is 5.28. The summed E-state index contributed by atoms with van der Waals surface area (Å²) in [4.78, 5) is 11.7. The average Bonchev–Trinajstić information content (AvgIpc) is 2.28. The van der Waals surface area contributed by atoms with Crippen molar-refractivity contribution < 1.29 is 9.53 Å². The molecule has 0 saturated heterocycles. The van der Waals surface area contributed by atoms with Crippen molar-refractivity contribution in [3.05, 3.63) is 0 Å². The van der Waals surface area contributed by atoms with Crippen molar-refractivity contribution in [1.82, 2.24) is 0 Å². The van der Waals surface area contributed by atoms with Gasteiger partial charge in [0, 0.05) is 6.04 Å². The van der Waals surface area contributed by atoms with Gasteiger partial charge >= 0.3 is 5.97 Å². The Hall–Kier alpha value is -0.280. The van der Waals surface area contributed by atoms with Gasteiger partial charge in [-0.3, -0.25) is 4.79 Å². The minimum atomic E-state index is -0.382. The molecule has 3 nitrogen and oxygen atoms in total. The van der Waals surface area contributed by atoms with Gasteiger partial charge in [0.2, 0.25) is 0 Å². The van der Waals surface area contributed by atoms with Crippen LogP contribution in [0.3, 0.4) is 0 Å². The zero-order valence-corrected chi connectivity index (χ0v) is 10.8. The van der Waals surface area contributed by atoms with E-state index >= 15 is 0 Å². The van der Waals surface area contributed by atoms with Crippen LogP contribution in [0.4, 0.5) is 0 Å². The van der Waals surface area contributed by atoms with Gasteiger partial charge in [-0.25, -0.2) is 0 Å². The molecule has 1 rings (SSSR count). The summed E-state index contributed by atoms with van der Waals surface area (Å²) in [6.07, 6.45) is 1.64. The van der Waals surface area contributed by atoms with Crippen molar-refractivity contribution in [3.63, 3.8) is 0 Å². The van der Waals surface area contributed by atoms with Crippen LogP contribution in [0, 0.1) is 11.8 Å². The molecule has 0 aromatic heterocycles. The second kappa shape index (κ2) is 5.17. The van der Waals surface area contributed by atoms with Crippen molar-refractivity contribution in [2.24, 2.45) is 17.6 Å². The molecule has 0 heterocycles. The van der Waals surface area contributed by atoms with Crippen molar-refractivity contribution in [1.29, 1.82) is 0 Å². The van der Waals surface area contributed by atoms with E-state index in [-0.39, 0.29) is 35.9 Å². The summed E-state index contributed by atoms with van der Waals surface area (Å²) >= 11 is 0. The van der Waals surface area contributed by atoms with Crippen LogP contribution in [0.5, 0.6) is 0 Å². The number of hydrogen-bond donors (Lipinski definition) is 1. The summed E-state index contributed by atoms with van der Waals surface area (Å²) in [5.74, 6) is 0.365. The lowest BCUT2D eigenvalue weighted by atomic mass is 10.1. The molecular formula is C11H22ClNO2. The van der Waals surface area contributed by atoms with E-state index in [1.54, 1.807) is 0 Å². The predicted octanol–water partition coefficient (Wildman–Crippen LogP) is 2.12. The van der Waals surface area contributed by atoms with Gasteiger partial charge in [0.15, 0.2) is 0 Å². The van der Waals surface area contributed by atoms with Gasteiger partial charge in [-0.2, -0.15) is 0 Å². The summed E-state index contributed by atoms with van der Waals surface area (Å²) in [5.41, 5.74) is 5.48. The van der Waals surface area contributed by atoms with Crippen LogP contribution >= 0.6 is 12.4 Å². The van der Waals surface area contributed by atoms with Crippen molar-refractivity contribution in [2.75, 3.05) is 0 Å². The molecule has 1 fully saturated rings. The molecule has 0 amide bonds. The number of carbonyl (C=O) groups excluding carboxylic acids is 1. The third-order valence-electron chi connectivity index (χ3n) is 2.68. The van der Waals surface area contributed by atoms with Gasteiger partial charge in [-0.1, -0.05) is 6.92 Å². The fourth-order valence-electron chi connectivity index (χ4n) is 1.86. The van der Waals surface area contributed by atoms with Crippen LogP contribution in [0.15, 0.2) is 0 Å². The predicted molar refractivity (Wildman–Crippen MR) is 63.0 cm³/mol.